The predicted molar refractivity (Wildman–Crippen MR) is 247 cm³/mol. The van der Waals surface area contributed by atoms with Crippen molar-refractivity contribution in [3.63, 3.8) is 0 Å². The number of nitrogen functional groups attached to an aromatic ring is 3. The lowest BCUT2D eigenvalue weighted by Crippen LogP contribution is -2.29. The zero-order valence-corrected chi connectivity index (χ0v) is 30.6. The summed E-state index contributed by atoms with van der Waals surface area (Å²) in [4.78, 5) is 77.0. The Morgan fingerprint density at radius 2 is 1.24 bits per heavy atom. The summed E-state index contributed by atoms with van der Waals surface area (Å²) in [7, 11) is 8.57. The maximum absolute atomic E-state index is 11.0. The molecule has 0 aromatic carbocycles. The monoisotopic (exact) mass is 848 g/mol. The van der Waals surface area contributed by atoms with Crippen LogP contribution >= 0.6 is 12.2 Å². The number of hydrogen-bond acceptors (Lipinski definition) is 14. The van der Waals surface area contributed by atoms with E-state index in [1.165, 1.54) is 33.8 Å². The van der Waals surface area contributed by atoms with Crippen LogP contribution in [-0.2, 0) is 35.2 Å². The number of aromatic amines is 2. The fraction of sp³-hybridized carbons (Fsp3) is 0.342. The summed E-state index contributed by atoms with van der Waals surface area (Å²) in [5.74, 6) is 11.3. The highest BCUT2D eigenvalue weighted by molar-refractivity contribution is 7.71. The number of nitrogens with one attached hydrogen (secondary N) is 2. The van der Waals surface area contributed by atoms with Gasteiger partial charge in [0.15, 0.2) is 16.2 Å². The van der Waals surface area contributed by atoms with E-state index in [9.17, 15) is 24.0 Å². The van der Waals surface area contributed by atoms with Crippen molar-refractivity contribution in [1.29, 1.82) is 0 Å². The molecule has 21 heteroatoms. The summed E-state index contributed by atoms with van der Waals surface area (Å²) in [5.41, 5.74) is 17.0. The highest BCUT2D eigenvalue weighted by Gasteiger charge is 2.06. The van der Waals surface area contributed by atoms with Crippen LogP contribution in [0.3, 0.4) is 0 Å². The van der Waals surface area contributed by atoms with Crippen molar-refractivity contribution in [2.75, 3.05) is 17.2 Å². The highest BCUT2D eigenvalue weighted by Crippen LogP contribution is 2.15. The molecule has 0 saturated carbocycles. The molecule has 59 heavy (non-hydrogen) atoms. The van der Waals surface area contributed by atoms with Crippen molar-refractivity contribution < 1.29 is 2.85 Å². The van der Waals surface area contributed by atoms with Crippen molar-refractivity contribution in [2.24, 2.45) is 35.2 Å². The minimum absolute atomic E-state index is 0. The number of nitrogens with zero attached hydrogens (tertiary/aromatic N) is 10. The number of hydrogen-bond donors (Lipinski definition) is 5. The van der Waals surface area contributed by atoms with Crippen LogP contribution in [0, 0.1) is 28.5 Å². The molecule has 0 aliphatic heterocycles. The van der Waals surface area contributed by atoms with E-state index in [0.717, 1.165) is 0 Å². The minimum atomic E-state index is -0.438. The Hall–Kier alpha value is -7.39. The first-order valence-electron chi connectivity index (χ1n) is 14.9. The van der Waals surface area contributed by atoms with Crippen molar-refractivity contribution >= 4 is 41.0 Å². The molecule has 0 aliphatic carbocycles. The van der Waals surface area contributed by atoms with Gasteiger partial charge >= 0.3 is 11.4 Å². The van der Waals surface area contributed by atoms with Gasteiger partial charge in [-0.3, -0.25) is 24.4 Å². The van der Waals surface area contributed by atoms with Gasteiger partial charge in [0.1, 0.15) is 16.9 Å². The van der Waals surface area contributed by atoms with E-state index in [2.05, 4.69) is 58.6 Å². The summed E-state index contributed by atoms with van der Waals surface area (Å²) >= 11 is 4.75. The first-order chi connectivity index (χ1) is 25.0. The Labute approximate surface area is 352 Å². The topological polar surface area (TPSA) is 284 Å². The number of fused-ring (bicyclic) bond motifs is 1. The van der Waals surface area contributed by atoms with Gasteiger partial charge in [0.2, 0.25) is 5.95 Å². The zero-order chi connectivity index (χ0) is 39.8. The van der Waals surface area contributed by atoms with Crippen molar-refractivity contribution in [1.82, 2.24) is 57.7 Å². The standard InChI is InChI=1S/C8H9N3O.C8H8N2O2.C6H8N6.C5H6N2OS.C5H6N2O.6CH4.2H2/c1-3-4-6-5-11(2)8(12)10-7(6)9;1-3-4-6-5-10(2)8(12)9-7(6)11;1-12-2-9-3-4(7)10-6(8)11-5(3)12;1-7-3-2-4(8)6-5(7)9;1-7-3-2-5(8)6-4-7;;;;;;;;/h5H,1-2H3,(H2,9,10,12);5H,1-2H3,(H,9,11,12);2H,1H3,(H4,7,8,10,11);2-3H,1H3,(H,6,8,9);2-4H,1H3;6*1H4;2*1H/i;;;;;;;;;;;2*1+2. The Kier molecular flexibility index (Phi) is 29.8. The average molecular weight is 848 g/mol. The average Bonchev–Trinajstić information content (AvgIpc) is 3.47. The highest BCUT2D eigenvalue weighted by atomic mass is 32.1. The molecule has 8 N–H and O–H groups in total. The molecule has 6 aromatic heterocycles. The van der Waals surface area contributed by atoms with Gasteiger partial charge in [-0.1, -0.05) is 56.4 Å². The third-order valence-corrected chi connectivity index (χ3v) is 6.56. The second kappa shape index (κ2) is 28.9. The van der Waals surface area contributed by atoms with E-state index in [1.807, 2.05) is 14.1 Å². The third-order valence-electron chi connectivity index (χ3n) is 6.17. The molecule has 6 heterocycles. The lowest BCUT2D eigenvalue weighted by Gasteiger charge is -1.98. The van der Waals surface area contributed by atoms with Crippen LogP contribution in [-0.4, -0.2) is 57.7 Å². The van der Waals surface area contributed by atoms with Crippen LogP contribution in [0.5, 0.6) is 0 Å². The lowest BCUT2D eigenvalue weighted by atomic mass is 10.3. The quantitative estimate of drug-likeness (QED) is 0.108. The molecule has 0 saturated heterocycles. The molecule has 0 atom stereocenters. The summed E-state index contributed by atoms with van der Waals surface area (Å²) in [6, 6.07) is 2.84. The Balaban J connectivity index is -0.000000117. The summed E-state index contributed by atoms with van der Waals surface area (Å²) in [6.07, 6.45) is 9.37. The summed E-state index contributed by atoms with van der Waals surface area (Å²) in [6.45, 7) is 3.33. The molecule has 0 spiro atoms. The van der Waals surface area contributed by atoms with Crippen molar-refractivity contribution in [2.45, 2.75) is 58.4 Å². The smallest absolute Gasteiger partial charge is 0.349 e. The molecule has 20 nitrogen and oxygen atoms in total. The van der Waals surface area contributed by atoms with Crippen molar-refractivity contribution in [3.8, 4) is 23.7 Å². The first kappa shape index (κ1) is 60.8. The van der Waals surface area contributed by atoms with Gasteiger partial charge in [-0.2, -0.15) is 19.9 Å². The molecule has 6 rings (SSSR count). The van der Waals surface area contributed by atoms with E-state index >= 15 is 0 Å². The number of H-pyrrole nitrogens is 2. The van der Waals surface area contributed by atoms with E-state index in [0.29, 0.717) is 32.9 Å². The number of rotatable bonds is 0. The first-order valence-corrected chi connectivity index (χ1v) is 15.3. The molecule has 0 radical (unpaired) electrons. The molecular weight excluding hydrogens is 779 g/mol. The van der Waals surface area contributed by atoms with Gasteiger partial charge in [-0.15, -0.1) is 11.8 Å². The number of aromatic nitrogens is 12. The van der Waals surface area contributed by atoms with Crippen molar-refractivity contribution in [3.05, 3.63) is 118 Å². The maximum Gasteiger partial charge on any atom is 0.349 e. The SMILES string of the molecule is C.C.C.C.C.C.CC#Cc1cn(C)c(=O)[nH]c1=O.CC#Cc1cn(C)c(=O)nc1N.Cn1ccc(=O)[nH]c1=S.Cn1ccc(=O)nc1.Cn1cnc2c(N)nc(N)nc21.[3HH].[3HH]. The summed E-state index contributed by atoms with van der Waals surface area (Å²) in [5, 5.41) is 0. The van der Waals surface area contributed by atoms with Crippen LogP contribution in [0.1, 0.15) is 72.4 Å². The van der Waals surface area contributed by atoms with Gasteiger partial charge in [-0.25, -0.2) is 14.6 Å². The fourth-order valence-electron chi connectivity index (χ4n) is 3.51. The molecule has 0 bridgehead atoms. The second-order valence-corrected chi connectivity index (χ2v) is 10.8. The third kappa shape index (κ3) is 19.4. The van der Waals surface area contributed by atoms with Gasteiger partial charge in [0.25, 0.3) is 16.7 Å². The molecule has 0 unspecified atom stereocenters. The molecule has 0 fully saturated rings. The van der Waals surface area contributed by atoms with Crippen LogP contribution in [0.25, 0.3) is 11.2 Å². The predicted octanol–water partition coefficient (Wildman–Crippen LogP) is 3.24. The van der Waals surface area contributed by atoms with Crippen LogP contribution in [0.15, 0.2) is 73.5 Å². The number of nitrogens with two attached hydrogens (primary N) is 3. The second-order valence-electron chi connectivity index (χ2n) is 10.4. The van der Waals surface area contributed by atoms with Gasteiger partial charge in [-0.05, 0) is 26.1 Å². The number of aryl methyl sites for hydroxylation is 5. The zero-order valence-electron chi connectivity index (χ0n) is 29.8. The molecule has 0 aliphatic rings. The summed E-state index contributed by atoms with van der Waals surface area (Å²) < 4.78 is 8.18. The molecule has 0 amide bonds. The molecule has 6 aromatic rings. The minimum Gasteiger partial charge on any atom is -0.382 e. The number of imidazole rings is 1. The van der Waals surface area contributed by atoms with E-state index < -0.39 is 11.2 Å². The lowest BCUT2D eigenvalue weighted by molar-refractivity contribution is 0.795. The van der Waals surface area contributed by atoms with Gasteiger partial charge in [0, 0.05) is 75.0 Å². The van der Waals surface area contributed by atoms with E-state index in [1.54, 1.807) is 73.6 Å². The van der Waals surface area contributed by atoms with E-state index in [4.69, 9.17) is 29.4 Å². The molecular formula is C38H65N15O5S. The van der Waals surface area contributed by atoms with Crippen LogP contribution in [0.4, 0.5) is 17.6 Å². The Morgan fingerprint density at radius 3 is 1.75 bits per heavy atom. The maximum atomic E-state index is 11.0. The van der Waals surface area contributed by atoms with Crippen LogP contribution in [0.2, 0.25) is 0 Å². The number of anilines is 3. The normalized spacial score (nSPS) is 8.46. The Bertz CT molecular complexity index is 2690. The largest absolute Gasteiger partial charge is 0.382 e. The fourth-order valence-corrected chi connectivity index (χ4v) is 3.68. The van der Waals surface area contributed by atoms with E-state index in [-0.39, 0.29) is 76.0 Å². The Morgan fingerprint density at radius 1 is 0.661 bits per heavy atom. The molecule has 328 valence electrons. The van der Waals surface area contributed by atoms with Gasteiger partial charge in [0.05, 0.1) is 18.2 Å². The van der Waals surface area contributed by atoms with Crippen LogP contribution < -0.4 is 45.3 Å². The van der Waals surface area contributed by atoms with Gasteiger partial charge < -0.3 is 40.0 Å².